The van der Waals surface area contributed by atoms with Crippen LogP contribution in [-0.2, 0) is 17.8 Å². The lowest BCUT2D eigenvalue weighted by atomic mass is 10.1. The lowest BCUT2D eigenvalue weighted by molar-refractivity contribution is -0.113. The van der Waals surface area contributed by atoms with Crippen LogP contribution < -0.4 is 16.6 Å². The summed E-state index contributed by atoms with van der Waals surface area (Å²) in [6.07, 6.45) is 0.573. The zero-order valence-corrected chi connectivity index (χ0v) is 18.8. The van der Waals surface area contributed by atoms with Gasteiger partial charge in [0.15, 0.2) is 10.8 Å². The molecule has 3 heterocycles. The Morgan fingerprint density at radius 1 is 0.971 bits per heavy atom. The van der Waals surface area contributed by atoms with Crippen LogP contribution in [0.1, 0.15) is 5.56 Å². The number of pyridine rings is 1. The van der Waals surface area contributed by atoms with Gasteiger partial charge >= 0.3 is 5.69 Å². The van der Waals surface area contributed by atoms with Gasteiger partial charge in [0.1, 0.15) is 5.82 Å². The molecule has 2 aromatic carbocycles. The topological polar surface area (TPSA) is 114 Å². The van der Waals surface area contributed by atoms with Crippen molar-refractivity contribution < 1.29 is 4.79 Å². The molecule has 0 unspecified atom stereocenters. The van der Waals surface area contributed by atoms with Crippen molar-refractivity contribution >= 4 is 40.0 Å². The molecule has 10 heteroatoms. The Hall–Kier alpha value is -4.18. The van der Waals surface area contributed by atoms with E-state index in [0.717, 1.165) is 16.5 Å². The quantitative estimate of drug-likeness (QED) is 0.352. The SMILES string of the molecule is O=C(CSc1nnc2ccc3ccccc3n12)Nc1cc(=O)[nH]c(=O)n1CCc1ccccc1. The van der Waals surface area contributed by atoms with Crippen LogP contribution in [0.5, 0.6) is 0 Å². The molecule has 5 rings (SSSR count). The molecule has 170 valence electrons. The van der Waals surface area contributed by atoms with E-state index in [1.807, 2.05) is 71.1 Å². The van der Waals surface area contributed by atoms with E-state index in [1.54, 1.807) is 0 Å². The number of aryl methyl sites for hydroxylation is 1. The molecule has 0 saturated carbocycles. The Labute approximate surface area is 197 Å². The summed E-state index contributed by atoms with van der Waals surface area (Å²) in [7, 11) is 0. The van der Waals surface area contributed by atoms with Crippen LogP contribution >= 0.6 is 11.8 Å². The first-order valence-corrected chi connectivity index (χ1v) is 11.6. The van der Waals surface area contributed by atoms with Crippen molar-refractivity contribution in [1.82, 2.24) is 24.1 Å². The van der Waals surface area contributed by atoms with E-state index in [-0.39, 0.29) is 17.5 Å². The zero-order chi connectivity index (χ0) is 23.5. The molecule has 0 radical (unpaired) electrons. The molecule has 34 heavy (non-hydrogen) atoms. The van der Waals surface area contributed by atoms with Crippen molar-refractivity contribution in [2.45, 2.75) is 18.1 Å². The maximum Gasteiger partial charge on any atom is 0.329 e. The zero-order valence-electron chi connectivity index (χ0n) is 18.0. The average Bonchev–Trinajstić information content (AvgIpc) is 3.26. The van der Waals surface area contributed by atoms with Gasteiger partial charge in [0.25, 0.3) is 5.56 Å². The fourth-order valence-electron chi connectivity index (χ4n) is 3.75. The summed E-state index contributed by atoms with van der Waals surface area (Å²) >= 11 is 1.23. The minimum atomic E-state index is -0.571. The van der Waals surface area contributed by atoms with Gasteiger partial charge in [-0.2, -0.15) is 0 Å². The first kappa shape index (κ1) is 21.7. The highest BCUT2D eigenvalue weighted by Gasteiger charge is 2.14. The smallest absolute Gasteiger partial charge is 0.311 e. The van der Waals surface area contributed by atoms with Crippen molar-refractivity contribution in [3.05, 3.63) is 99.2 Å². The van der Waals surface area contributed by atoms with Crippen molar-refractivity contribution in [2.75, 3.05) is 11.1 Å². The van der Waals surface area contributed by atoms with Gasteiger partial charge in [-0.05, 0) is 35.6 Å². The molecule has 0 saturated heterocycles. The third-order valence-electron chi connectivity index (χ3n) is 5.35. The van der Waals surface area contributed by atoms with E-state index in [4.69, 9.17) is 0 Å². The first-order chi connectivity index (χ1) is 16.6. The van der Waals surface area contributed by atoms with Gasteiger partial charge in [-0.3, -0.25) is 23.5 Å². The number of aromatic amines is 1. The number of aromatic nitrogens is 5. The number of para-hydroxylation sites is 1. The Morgan fingerprint density at radius 3 is 2.62 bits per heavy atom. The Balaban J connectivity index is 1.34. The predicted molar refractivity (Wildman–Crippen MR) is 131 cm³/mol. The van der Waals surface area contributed by atoms with Crippen LogP contribution in [0.4, 0.5) is 5.82 Å². The van der Waals surface area contributed by atoms with Crippen molar-refractivity contribution in [1.29, 1.82) is 0 Å². The summed E-state index contributed by atoms with van der Waals surface area (Å²) < 4.78 is 3.26. The van der Waals surface area contributed by atoms with Gasteiger partial charge < -0.3 is 5.32 Å². The van der Waals surface area contributed by atoms with Crippen LogP contribution in [0.15, 0.2) is 87.5 Å². The number of anilines is 1. The lowest BCUT2D eigenvalue weighted by Gasteiger charge is -2.13. The minimum absolute atomic E-state index is 0.0314. The predicted octanol–water partition coefficient (Wildman–Crippen LogP) is 2.71. The summed E-state index contributed by atoms with van der Waals surface area (Å²) in [4.78, 5) is 39.3. The van der Waals surface area contributed by atoms with Gasteiger partial charge in [-0.25, -0.2) is 4.79 Å². The van der Waals surface area contributed by atoms with Crippen LogP contribution in [0.25, 0.3) is 16.6 Å². The van der Waals surface area contributed by atoms with Gasteiger partial charge in [0.2, 0.25) is 5.91 Å². The number of thioether (sulfide) groups is 1. The number of hydrogen-bond acceptors (Lipinski definition) is 6. The number of hydrogen-bond donors (Lipinski definition) is 2. The number of H-pyrrole nitrogens is 1. The first-order valence-electron chi connectivity index (χ1n) is 10.6. The van der Waals surface area contributed by atoms with Crippen molar-refractivity contribution in [2.24, 2.45) is 0 Å². The summed E-state index contributed by atoms with van der Waals surface area (Å²) in [6.45, 7) is 0.309. The minimum Gasteiger partial charge on any atom is -0.311 e. The molecule has 0 atom stereocenters. The summed E-state index contributed by atoms with van der Waals surface area (Å²) in [5, 5.41) is 12.7. The summed E-state index contributed by atoms with van der Waals surface area (Å²) in [6, 6.07) is 22.6. The Kier molecular flexibility index (Phi) is 5.96. The van der Waals surface area contributed by atoms with Crippen LogP contribution in [0.3, 0.4) is 0 Å². The number of carbonyl (C=O) groups is 1. The molecule has 0 aliphatic rings. The normalized spacial score (nSPS) is 11.2. The van der Waals surface area contributed by atoms with Crippen LogP contribution in [0.2, 0.25) is 0 Å². The maximum atomic E-state index is 12.7. The number of rotatable bonds is 7. The second-order valence-corrected chi connectivity index (χ2v) is 8.56. The number of carbonyl (C=O) groups excluding carboxylic acids is 1. The highest BCUT2D eigenvalue weighted by atomic mass is 32.2. The highest BCUT2D eigenvalue weighted by Crippen LogP contribution is 2.23. The van der Waals surface area contributed by atoms with Gasteiger partial charge in [0.05, 0.1) is 11.3 Å². The maximum absolute atomic E-state index is 12.7. The molecule has 0 fully saturated rings. The third kappa shape index (κ3) is 4.48. The Bertz CT molecular complexity index is 1610. The molecule has 0 aliphatic carbocycles. The van der Waals surface area contributed by atoms with Gasteiger partial charge in [-0.1, -0.05) is 60.3 Å². The summed E-state index contributed by atoms with van der Waals surface area (Å²) in [5.41, 5.74) is 1.53. The van der Waals surface area contributed by atoms with E-state index in [2.05, 4.69) is 20.5 Å². The third-order valence-corrected chi connectivity index (χ3v) is 6.28. The molecule has 9 nitrogen and oxygen atoms in total. The standard InChI is InChI=1S/C24H20N6O3S/c31-21-14-20(29(23(33)26-21)13-12-16-6-2-1-3-7-16)25-22(32)15-34-24-28-27-19-11-10-17-8-4-5-9-18(17)30(19)24/h1-11,14H,12-13,15H2,(H,25,32)(H,26,31,33). The largest absolute Gasteiger partial charge is 0.329 e. The lowest BCUT2D eigenvalue weighted by Crippen LogP contribution is -2.33. The van der Waals surface area contributed by atoms with Gasteiger partial charge in [0, 0.05) is 12.6 Å². The molecule has 0 aliphatic heterocycles. The van der Waals surface area contributed by atoms with Gasteiger partial charge in [-0.15, -0.1) is 10.2 Å². The molecular weight excluding hydrogens is 452 g/mol. The van der Waals surface area contributed by atoms with Crippen LogP contribution in [-0.4, -0.2) is 35.8 Å². The number of nitrogens with one attached hydrogen (secondary N) is 2. The fourth-order valence-corrected chi connectivity index (χ4v) is 4.50. The molecular formula is C24H20N6O3S. The fraction of sp³-hybridized carbons (Fsp3) is 0.125. The molecule has 0 bridgehead atoms. The second-order valence-electron chi connectivity index (χ2n) is 7.62. The molecule has 0 spiro atoms. The van der Waals surface area contributed by atoms with E-state index in [1.165, 1.54) is 22.4 Å². The van der Waals surface area contributed by atoms with Crippen LogP contribution in [0, 0.1) is 0 Å². The van der Waals surface area contributed by atoms with E-state index in [9.17, 15) is 14.4 Å². The number of amides is 1. The highest BCUT2D eigenvalue weighted by molar-refractivity contribution is 7.99. The number of nitrogens with zero attached hydrogens (tertiary/aromatic N) is 4. The molecule has 5 aromatic rings. The molecule has 2 N–H and O–H groups in total. The van der Waals surface area contributed by atoms with E-state index in [0.29, 0.717) is 23.8 Å². The average molecular weight is 473 g/mol. The van der Waals surface area contributed by atoms with Crippen molar-refractivity contribution in [3.63, 3.8) is 0 Å². The molecule has 3 aromatic heterocycles. The van der Waals surface area contributed by atoms with E-state index >= 15 is 0 Å². The van der Waals surface area contributed by atoms with Crippen molar-refractivity contribution in [3.8, 4) is 0 Å². The van der Waals surface area contributed by atoms with E-state index < -0.39 is 11.2 Å². The number of benzene rings is 2. The monoisotopic (exact) mass is 472 g/mol. The molecule has 1 amide bonds. The number of fused-ring (bicyclic) bond motifs is 3. The second kappa shape index (κ2) is 9.36. The Morgan fingerprint density at radius 2 is 1.76 bits per heavy atom. The summed E-state index contributed by atoms with van der Waals surface area (Å²) in [5.74, 6) is -0.170.